The Kier molecular flexibility index (Phi) is 3.68. The fourth-order valence-corrected chi connectivity index (χ4v) is 3.44. The van der Waals surface area contributed by atoms with E-state index in [1.165, 1.54) is 38.5 Å². The second kappa shape index (κ2) is 4.84. The molecule has 0 aromatic carbocycles. The molecule has 2 aliphatic carbocycles. The van der Waals surface area contributed by atoms with Crippen LogP contribution in [0.3, 0.4) is 0 Å². The Morgan fingerprint density at radius 3 is 2.40 bits per heavy atom. The molecule has 88 valence electrons. The standard InChI is InChI=1S/C13H25NO/c1-10-5-3-6-11(9-10)14(2)12-7-4-8-13(12)15/h10-13,15H,3-9H2,1-2H3/t10?,11?,12-,13-/m0/s1. The molecule has 2 rings (SSSR count). The predicted molar refractivity (Wildman–Crippen MR) is 62.8 cm³/mol. The maximum absolute atomic E-state index is 9.91. The van der Waals surface area contributed by atoms with Crippen molar-refractivity contribution in [3.8, 4) is 0 Å². The van der Waals surface area contributed by atoms with Gasteiger partial charge in [0.15, 0.2) is 0 Å². The summed E-state index contributed by atoms with van der Waals surface area (Å²) >= 11 is 0. The molecule has 2 heteroatoms. The zero-order valence-electron chi connectivity index (χ0n) is 10.2. The third kappa shape index (κ3) is 2.54. The van der Waals surface area contributed by atoms with Crippen LogP contribution < -0.4 is 0 Å². The summed E-state index contributed by atoms with van der Waals surface area (Å²) in [5, 5.41) is 9.91. The first kappa shape index (κ1) is 11.4. The first-order valence-corrected chi connectivity index (χ1v) is 6.58. The Labute approximate surface area is 93.7 Å². The Morgan fingerprint density at radius 1 is 1.07 bits per heavy atom. The highest BCUT2D eigenvalue weighted by Crippen LogP contribution is 2.31. The summed E-state index contributed by atoms with van der Waals surface area (Å²) in [4.78, 5) is 2.48. The van der Waals surface area contributed by atoms with Crippen LogP contribution in [0, 0.1) is 5.92 Å². The van der Waals surface area contributed by atoms with Gasteiger partial charge in [-0.15, -0.1) is 0 Å². The summed E-state index contributed by atoms with van der Waals surface area (Å²) < 4.78 is 0. The molecule has 0 saturated heterocycles. The summed E-state index contributed by atoms with van der Waals surface area (Å²) in [5.41, 5.74) is 0. The molecule has 15 heavy (non-hydrogen) atoms. The lowest BCUT2D eigenvalue weighted by Crippen LogP contribution is -2.45. The van der Waals surface area contributed by atoms with Gasteiger partial charge in [0.1, 0.15) is 0 Å². The molecule has 4 atom stereocenters. The average molecular weight is 211 g/mol. The van der Waals surface area contributed by atoms with Crippen LogP contribution in [0.4, 0.5) is 0 Å². The van der Waals surface area contributed by atoms with E-state index in [0.717, 1.165) is 18.4 Å². The second-order valence-electron chi connectivity index (χ2n) is 5.66. The molecule has 1 N–H and O–H groups in total. The van der Waals surface area contributed by atoms with Gasteiger partial charge >= 0.3 is 0 Å². The molecule has 2 aliphatic rings. The number of hydrogen-bond acceptors (Lipinski definition) is 2. The number of rotatable bonds is 2. The minimum absolute atomic E-state index is 0.0627. The highest BCUT2D eigenvalue weighted by Gasteiger charge is 2.33. The van der Waals surface area contributed by atoms with Crippen LogP contribution in [-0.2, 0) is 0 Å². The van der Waals surface area contributed by atoms with E-state index in [-0.39, 0.29) is 6.10 Å². The van der Waals surface area contributed by atoms with E-state index in [4.69, 9.17) is 0 Å². The van der Waals surface area contributed by atoms with Crippen LogP contribution in [-0.4, -0.2) is 35.2 Å². The first-order valence-electron chi connectivity index (χ1n) is 6.58. The number of likely N-dealkylation sites (N-methyl/N-ethyl adjacent to an activating group) is 1. The van der Waals surface area contributed by atoms with Gasteiger partial charge in [-0.1, -0.05) is 19.8 Å². The lowest BCUT2D eigenvalue weighted by atomic mass is 9.85. The molecule has 0 spiro atoms. The van der Waals surface area contributed by atoms with Gasteiger partial charge in [-0.05, 0) is 45.1 Å². The minimum atomic E-state index is -0.0627. The molecule has 0 bridgehead atoms. The molecule has 2 unspecified atom stereocenters. The molecule has 2 fully saturated rings. The van der Waals surface area contributed by atoms with Gasteiger partial charge in [-0.3, -0.25) is 4.90 Å². The molecule has 2 nitrogen and oxygen atoms in total. The first-order chi connectivity index (χ1) is 7.18. The number of hydrogen-bond donors (Lipinski definition) is 1. The van der Waals surface area contributed by atoms with Crippen LogP contribution in [0.5, 0.6) is 0 Å². The van der Waals surface area contributed by atoms with Crippen molar-refractivity contribution in [1.82, 2.24) is 4.90 Å². The Bertz CT molecular complexity index is 207. The molecule has 0 aromatic rings. The van der Waals surface area contributed by atoms with Gasteiger partial charge in [0, 0.05) is 12.1 Å². The Hall–Kier alpha value is -0.0800. The van der Waals surface area contributed by atoms with Gasteiger partial charge in [-0.25, -0.2) is 0 Å². The van der Waals surface area contributed by atoms with Crippen molar-refractivity contribution in [3.63, 3.8) is 0 Å². The van der Waals surface area contributed by atoms with Gasteiger partial charge in [0.2, 0.25) is 0 Å². The Morgan fingerprint density at radius 2 is 1.80 bits per heavy atom. The number of aliphatic hydroxyl groups excluding tert-OH is 1. The maximum atomic E-state index is 9.91. The predicted octanol–water partition coefficient (Wildman–Crippen LogP) is 2.41. The normalized spacial score (nSPS) is 42.4. The molecule has 0 heterocycles. The van der Waals surface area contributed by atoms with E-state index in [0.29, 0.717) is 6.04 Å². The van der Waals surface area contributed by atoms with E-state index in [1.807, 2.05) is 0 Å². The maximum Gasteiger partial charge on any atom is 0.0695 e. The summed E-state index contributed by atoms with van der Waals surface area (Å²) in [5.74, 6) is 0.879. The summed E-state index contributed by atoms with van der Waals surface area (Å²) in [6.07, 6.45) is 8.80. The summed E-state index contributed by atoms with van der Waals surface area (Å²) in [6.45, 7) is 2.37. The quantitative estimate of drug-likeness (QED) is 0.758. The lowest BCUT2D eigenvalue weighted by molar-refractivity contribution is 0.0431. The monoisotopic (exact) mass is 211 g/mol. The van der Waals surface area contributed by atoms with Crippen molar-refractivity contribution in [2.75, 3.05) is 7.05 Å². The van der Waals surface area contributed by atoms with Crippen LogP contribution in [0.25, 0.3) is 0 Å². The summed E-state index contributed by atoms with van der Waals surface area (Å²) in [6, 6.07) is 1.17. The van der Waals surface area contributed by atoms with Crippen molar-refractivity contribution >= 4 is 0 Å². The van der Waals surface area contributed by atoms with Crippen LogP contribution >= 0.6 is 0 Å². The zero-order chi connectivity index (χ0) is 10.8. The number of aliphatic hydroxyl groups is 1. The highest BCUT2D eigenvalue weighted by molar-refractivity contribution is 4.88. The summed E-state index contributed by atoms with van der Waals surface area (Å²) in [7, 11) is 2.22. The fourth-order valence-electron chi connectivity index (χ4n) is 3.44. The molecular formula is C13H25NO. The van der Waals surface area contributed by atoms with E-state index >= 15 is 0 Å². The van der Waals surface area contributed by atoms with Crippen molar-refractivity contribution in [1.29, 1.82) is 0 Å². The van der Waals surface area contributed by atoms with Gasteiger partial charge < -0.3 is 5.11 Å². The minimum Gasteiger partial charge on any atom is -0.391 e. The number of nitrogens with zero attached hydrogens (tertiary/aromatic N) is 1. The van der Waals surface area contributed by atoms with Crippen LogP contribution in [0.2, 0.25) is 0 Å². The smallest absolute Gasteiger partial charge is 0.0695 e. The molecule has 0 aromatic heterocycles. The second-order valence-corrected chi connectivity index (χ2v) is 5.66. The zero-order valence-corrected chi connectivity index (χ0v) is 10.2. The van der Waals surface area contributed by atoms with Gasteiger partial charge in [0.05, 0.1) is 6.10 Å². The molecule has 0 amide bonds. The molecule has 0 radical (unpaired) electrons. The topological polar surface area (TPSA) is 23.5 Å². The van der Waals surface area contributed by atoms with E-state index in [9.17, 15) is 5.11 Å². The van der Waals surface area contributed by atoms with E-state index in [1.54, 1.807) is 0 Å². The van der Waals surface area contributed by atoms with Crippen molar-refractivity contribution in [3.05, 3.63) is 0 Å². The molecule has 0 aliphatic heterocycles. The average Bonchev–Trinajstić information content (AvgIpc) is 2.63. The SMILES string of the molecule is CC1CCCC(N(C)[C@H]2CCC[C@@H]2O)C1. The van der Waals surface area contributed by atoms with E-state index in [2.05, 4.69) is 18.9 Å². The molecular weight excluding hydrogens is 186 g/mol. The van der Waals surface area contributed by atoms with Crippen molar-refractivity contribution in [2.45, 2.75) is 70.1 Å². The van der Waals surface area contributed by atoms with Crippen LogP contribution in [0.15, 0.2) is 0 Å². The van der Waals surface area contributed by atoms with Crippen molar-refractivity contribution < 1.29 is 5.11 Å². The van der Waals surface area contributed by atoms with E-state index < -0.39 is 0 Å². The fraction of sp³-hybridized carbons (Fsp3) is 1.00. The van der Waals surface area contributed by atoms with Gasteiger partial charge in [-0.2, -0.15) is 0 Å². The lowest BCUT2D eigenvalue weighted by Gasteiger charge is -2.38. The third-order valence-electron chi connectivity index (χ3n) is 4.45. The largest absolute Gasteiger partial charge is 0.391 e. The highest BCUT2D eigenvalue weighted by atomic mass is 16.3. The Balaban J connectivity index is 1.91. The molecule has 2 saturated carbocycles. The third-order valence-corrected chi connectivity index (χ3v) is 4.45. The van der Waals surface area contributed by atoms with Crippen molar-refractivity contribution in [2.24, 2.45) is 5.92 Å². The van der Waals surface area contributed by atoms with Gasteiger partial charge in [0.25, 0.3) is 0 Å². The van der Waals surface area contributed by atoms with Crippen LogP contribution in [0.1, 0.15) is 51.9 Å².